The van der Waals surface area contributed by atoms with Crippen molar-refractivity contribution in [1.29, 1.82) is 0 Å². The van der Waals surface area contributed by atoms with Crippen molar-refractivity contribution >= 4 is 22.5 Å². The van der Waals surface area contributed by atoms with Crippen molar-refractivity contribution in [2.45, 2.75) is 46.0 Å². The van der Waals surface area contributed by atoms with Crippen LogP contribution in [0, 0.1) is 26.7 Å². The van der Waals surface area contributed by atoms with Gasteiger partial charge in [-0.05, 0) is 97.2 Å². The van der Waals surface area contributed by atoms with E-state index in [1.54, 1.807) is 0 Å². The molecule has 1 aliphatic carbocycles. The number of fused-ring (bicyclic) bond motifs is 1. The van der Waals surface area contributed by atoms with Crippen molar-refractivity contribution in [3.8, 4) is 11.1 Å². The highest BCUT2D eigenvalue weighted by Gasteiger charge is 2.35. The molecule has 1 aromatic heterocycles. The molecule has 0 bridgehead atoms. The van der Waals surface area contributed by atoms with E-state index >= 15 is 0 Å². The molecule has 4 heteroatoms. The number of hydrogen-bond acceptors (Lipinski definition) is 2. The van der Waals surface area contributed by atoms with Gasteiger partial charge in [-0.15, -0.1) is 0 Å². The molecule has 0 aliphatic heterocycles. The van der Waals surface area contributed by atoms with Gasteiger partial charge < -0.3 is 5.32 Å². The van der Waals surface area contributed by atoms with Crippen LogP contribution in [0.25, 0.3) is 22.0 Å². The van der Waals surface area contributed by atoms with Crippen LogP contribution >= 0.6 is 0 Å². The summed E-state index contributed by atoms with van der Waals surface area (Å²) in [6.07, 6.45) is 4.91. The Balaban J connectivity index is 1.38. The van der Waals surface area contributed by atoms with Crippen LogP contribution in [0.4, 0.5) is 5.69 Å². The van der Waals surface area contributed by atoms with Crippen LogP contribution < -0.4 is 5.32 Å². The molecule has 3 aromatic carbocycles. The maximum Gasteiger partial charge on any atom is 0.228 e. The zero-order valence-corrected chi connectivity index (χ0v) is 18.9. The van der Waals surface area contributed by atoms with Crippen LogP contribution in [0.2, 0.25) is 0 Å². The number of hydrogen-bond donors (Lipinski definition) is 2. The molecule has 4 aromatic rings. The van der Waals surface area contributed by atoms with Crippen molar-refractivity contribution in [1.82, 2.24) is 10.2 Å². The van der Waals surface area contributed by atoms with Gasteiger partial charge in [0.15, 0.2) is 0 Å². The summed E-state index contributed by atoms with van der Waals surface area (Å²) in [4.78, 5) is 13.4. The highest BCUT2D eigenvalue weighted by Crippen LogP contribution is 2.42. The van der Waals surface area contributed by atoms with E-state index in [-0.39, 0.29) is 17.7 Å². The van der Waals surface area contributed by atoms with Crippen LogP contribution in [0.3, 0.4) is 0 Å². The molecule has 32 heavy (non-hydrogen) atoms. The van der Waals surface area contributed by atoms with E-state index in [0.29, 0.717) is 0 Å². The lowest BCUT2D eigenvalue weighted by atomic mass is 9.85. The van der Waals surface area contributed by atoms with E-state index < -0.39 is 0 Å². The van der Waals surface area contributed by atoms with Crippen LogP contribution in [0.15, 0.2) is 60.8 Å². The summed E-state index contributed by atoms with van der Waals surface area (Å²) in [7, 11) is 0. The van der Waals surface area contributed by atoms with Gasteiger partial charge in [0.1, 0.15) is 0 Å². The average molecular weight is 424 g/mol. The molecule has 1 fully saturated rings. The number of benzene rings is 3. The second-order valence-electron chi connectivity index (χ2n) is 9.14. The van der Waals surface area contributed by atoms with Gasteiger partial charge in [0.25, 0.3) is 0 Å². The van der Waals surface area contributed by atoms with Gasteiger partial charge in [0, 0.05) is 17.0 Å². The Kier molecular flexibility index (Phi) is 5.30. The van der Waals surface area contributed by atoms with Gasteiger partial charge in [-0.25, -0.2) is 0 Å². The van der Waals surface area contributed by atoms with Crippen molar-refractivity contribution < 1.29 is 4.79 Å². The zero-order chi connectivity index (χ0) is 22.2. The smallest absolute Gasteiger partial charge is 0.228 e. The molecule has 1 heterocycles. The average Bonchev–Trinajstić information content (AvgIpc) is 3.44. The topological polar surface area (TPSA) is 57.8 Å². The molecular weight excluding hydrogens is 394 g/mol. The highest BCUT2D eigenvalue weighted by molar-refractivity contribution is 5.94. The molecule has 4 nitrogen and oxygen atoms in total. The van der Waals surface area contributed by atoms with Crippen LogP contribution in [-0.4, -0.2) is 16.1 Å². The summed E-state index contributed by atoms with van der Waals surface area (Å²) in [5.41, 5.74) is 9.20. The molecular formula is C28H29N3O. The molecule has 1 amide bonds. The minimum atomic E-state index is -0.00971. The number of aromatic nitrogens is 2. The lowest BCUT2D eigenvalue weighted by Crippen LogP contribution is -2.25. The van der Waals surface area contributed by atoms with Crippen molar-refractivity contribution in [3.63, 3.8) is 0 Å². The van der Waals surface area contributed by atoms with E-state index in [1.165, 1.54) is 27.8 Å². The zero-order valence-electron chi connectivity index (χ0n) is 18.9. The normalized spacial score (nSPS) is 18.2. The van der Waals surface area contributed by atoms with Gasteiger partial charge in [-0.3, -0.25) is 9.89 Å². The Morgan fingerprint density at radius 1 is 0.969 bits per heavy atom. The van der Waals surface area contributed by atoms with Gasteiger partial charge in [0.05, 0.1) is 11.7 Å². The second kappa shape index (κ2) is 8.27. The molecule has 1 aliphatic rings. The lowest BCUT2D eigenvalue weighted by Gasteiger charge is -2.22. The molecule has 5 rings (SSSR count). The van der Waals surface area contributed by atoms with Gasteiger partial charge in [0.2, 0.25) is 5.91 Å². The number of amides is 1. The van der Waals surface area contributed by atoms with Gasteiger partial charge >= 0.3 is 0 Å². The fraction of sp³-hybridized carbons (Fsp3) is 0.286. The largest absolute Gasteiger partial charge is 0.326 e. The SMILES string of the molecule is Cc1cc(-c2ccccc2C)ccc1NC(=O)C1CCCC1c1cc2[nH]ncc2cc1C. The van der Waals surface area contributed by atoms with Crippen molar-refractivity contribution in [2.75, 3.05) is 5.32 Å². The predicted octanol–water partition coefficient (Wildman–Crippen LogP) is 6.68. The fourth-order valence-corrected chi connectivity index (χ4v) is 5.26. The Labute approximate surface area is 189 Å². The van der Waals surface area contributed by atoms with E-state index in [1.807, 2.05) is 12.3 Å². The number of aromatic amines is 1. The number of nitrogens with one attached hydrogen (secondary N) is 2. The standard InChI is InChI=1S/C28H29N3O/c1-17-7-4-5-8-22(17)20-11-12-26(19(3)14-20)30-28(32)24-10-6-9-23(24)25-15-27-21(13-18(25)2)16-29-31-27/h4-5,7-8,11-16,23-24H,6,9-10H2,1-3H3,(H,29,31)(H,30,32). The maximum atomic E-state index is 13.4. The van der Waals surface area contributed by atoms with E-state index in [9.17, 15) is 4.79 Å². The number of carbonyl (C=O) groups is 1. The van der Waals surface area contributed by atoms with Gasteiger partial charge in [-0.2, -0.15) is 5.10 Å². The minimum absolute atomic E-state index is 0.00971. The number of nitrogens with zero attached hydrogens (tertiary/aromatic N) is 1. The molecule has 162 valence electrons. The quantitative estimate of drug-likeness (QED) is 0.385. The highest BCUT2D eigenvalue weighted by atomic mass is 16.1. The monoisotopic (exact) mass is 423 g/mol. The van der Waals surface area contributed by atoms with E-state index in [0.717, 1.165) is 41.4 Å². The number of rotatable bonds is 4. The summed E-state index contributed by atoms with van der Waals surface area (Å²) in [6.45, 7) is 6.34. The van der Waals surface area contributed by atoms with Crippen LogP contribution in [-0.2, 0) is 4.79 Å². The predicted molar refractivity (Wildman–Crippen MR) is 131 cm³/mol. The van der Waals surface area contributed by atoms with E-state index in [4.69, 9.17) is 0 Å². The van der Waals surface area contributed by atoms with Crippen LogP contribution in [0.1, 0.15) is 47.4 Å². The lowest BCUT2D eigenvalue weighted by molar-refractivity contribution is -0.120. The Morgan fingerprint density at radius 2 is 1.81 bits per heavy atom. The van der Waals surface area contributed by atoms with Crippen molar-refractivity contribution in [2.24, 2.45) is 5.92 Å². The maximum absolute atomic E-state index is 13.4. The van der Waals surface area contributed by atoms with Crippen molar-refractivity contribution in [3.05, 3.63) is 83.0 Å². The first-order chi connectivity index (χ1) is 15.5. The first kappa shape index (κ1) is 20.5. The number of carbonyl (C=O) groups excluding carboxylic acids is 1. The van der Waals surface area contributed by atoms with E-state index in [2.05, 4.69) is 84.8 Å². The third kappa shape index (κ3) is 3.70. The van der Waals surface area contributed by atoms with Crippen LogP contribution in [0.5, 0.6) is 0 Å². The molecule has 2 N–H and O–H groups in total. The molecule has 0 radical (unpaired) electrons. The first-order valence-electron chi connectivity index (χ1n) is 11.4. The Morgan fingerprint density at radius 3 is 2.62 bits per heavy atom. The Hall–Kier alpha value is -3.40. The molecule has 0 saturated heterocycles. The first-order valence-corrected chi connectivity index (χ1v) is 11.4. The van der Waals surface area contributed by atoms with Gasteiger partial charge in [-0.1, -0.05) is 36.8 Å². The summed E-state index contributed by atoms with van der Waals surface area (Å²) in [5.74, 6) is 0.363. The fourth-order valence-electron chi connectivity index (χ4n) is 5.26. The third-order valence-corrected chi connectivity index (χ3v) is 7.02. The molecule has 0 spiro atoms. The molecule has 1 saturated carbocycles. The third-order valence-electron chi connectivity index (χ3n) is 7.02. The summed E-state index contributed by atoms with van der Waals surface area (Å²) < 4.78 is 0. The number of anilines is 1. The summed E-state index contributed by atoms with van der Waals surface area (Å²) in [5, 5.41) is 11.6. The minimum Gasteiger partial charge on any atom is -0.326 e. The molecule has 2 atom stereocenters. The summed E-state index contributed by atoms with van der Waals surface area (Å²) >= 11 is 0. The number of aryl methyl sites for hydroxylation is 3. The molecule has 2 unspecified atom stereocenters. The Bertz CT molecular complexity index is 1300. The second-order valence-corrected chi connectivity index (χ2v) is 9.14. The summed E-state index contributed by atoms with van der Waals surface area (Å²) in [6, 6.07) is 19.1. The number of H-pyrrole nitrogens is 1.